The van der Waals surface area contributed by atoms with E-state index in [0.717, 1.165) is 19.0 Å². The molecule has 0 spiro atoms. The summed E-state index contributed by atoms with van der Waals surface area (Å²) in [7, 11) is 1.61. The van der Waals surface area contributed by atoms with Crippen LogP contribution in [0.25, 0.3) is 0 Å². The molecule has 0 aromatic carbocycles. The number of hydrogen-bond donors (Lipinski definition) is 2. The zero-order valence-corrected chi connectivity index (χ0v) is 9.91. The number of nitrogens with one attached hydrogen (secondary N) is 1. The standard InChI is InChI=1S/C11H24N2O2/c1-3-13-5-4-10(8-13)6-12-7-11(14)9-15-2/h10-12,14H,3-9H2,1-2H3. The van der Waals surface area contributed by atoms with E-state index in [9.17, 15) is 5.11 Å². The molecule has 1 heterocycles. The number of methoxy groups -OCH3 is 1. The van der Waals surface area contributed by atoms with E-state index in [0.29, 0.717) is 13.2 Å². The van der Waals surface area contributed by atoms with Gasteiger partial charge in [-0.05, 0) is 32.0 Å². The molecule has 0 aliphatic carbocycles. The first kappa shape index (κ1) is 12.9. The lowest BCUT2D eigenvalue weighted by atomic mass is 10.1. The van der Waals surface area contributed by atoms with Crippen molar-refractivity contribution >= 4 is 0 Å². The van der Waals surface area contributed by atoms with Crippen LogP contribution in [0.1, 0.15) is 13.3 Å². The summed E-state index contributed by atoms with van der Waals surface area (Å²) in [4.78, 5) is 2.47. The highest BCUT2D eigenvalue weighted by Gasteiger charge is 2.20. The number of rotatable bonds is 7. The molecule has 2 unspecified atom stereocenters. The van der Waals surface area contributed by atoms with Crippen LogP contribution in [0.3, 0.4) is 0 Å². The molecular formula is C11H24N2O2. The van der Waals surface area contributed by atoms with Crippen LogP contribution < -0.4 is 5.32 Å². The Labute approximate surface area is 92.6 Å². The predicted octanol–water partition coefficient (Wildman–Crippen LogP) is -0.0749. The summed E-state index contributed by atoms with van der Waals surface area (Å²) in [6, 6.07) is 0. The first-order valence-corrected chi connectivity index (χ1v) is 5.86. The second kappa shape index (κ2) is 7.17. The number of hydrogen-bond acceptors (Lipinski definition) is 4. The molecule has 1 aliphatic rings. The minimum atomic E-state index is -0.376. The van der Waals surface area contributed by atoms with Crippen molar-refractivity contribution in [3.05, 3.63) is 0 Å². The highest BCUT2D eigenvalue weighted by molar-refractivity contribution is 4.76. The van der Waals surface area contributed by atoms with Crippen LogP contribution in [0.5, 0.6) is 0 Å². The summed E-state index contributed by atoms with van der Waals surface area (Å²) >= 11 is 0. The molecule has 2 N–H and O–H groups in total. The summed E-state index contributed by atoms with van der Waals surface area (Å²) < 4.78 is 4.86. The van der Waals surface area contributed by atoms with Crippen molar-refractivity contribution < 1.29 is 9.84 Å². The molecular weight excluding hydrogens is 192 g/mol. The van der Waals surface area contributed by atoms with E-state index in [2.05, 4.69) is 17.1 Å². The topological polar surface area (TPSA) is 44.7 Å². The third kappa shape index (κ3) is 4.93. The van der Waals surface area contributed by atoms with Gasteiger partial charge in [0.2, 0.25) is 0 Å². The van der Waals surface area contributed by atoms with E-state index >= 15 is 0 Å². The summed E-state index contributed by atoms with van der Waals surface area (Å²) in [5.74, 6) is 0.750. The molecule has 2 atom stereocenters. The van der Waals surface area contributed by atoms with Gasteiger partial charge in [0.25, 0.3) is 0 Å². The summed E-state index contributed by atoms with van der Waals surface area (Å²) in [5.41, 5.74) is 0. The molecule has 1 saturated heterocycles. The zero-order chi connectivity index (χ0) is 11.1. The van der Waals surface area contributed by atoms with Crippen molar-refractivity contribution in [3.63, 3.8) is 0 Å². The molecule has 0 aromatic rings. The summed E-state index contributed by atoms with van der Waals surface area (Å²) in [5, 5.41) is 12.7. The maximum absolute atomic E-state index is 9.42. The number of aliphatic hydroxyl groups is 1. The van der Waals surface area contributed by atoms with Crippen molar-refractivity contribution in [1.82, 2.24) is 10.2 Å². The molecule has 0 bridgehead atoms. The molecule has 1 fully saturated rings. The van der Waals surface area contributed by atoms with Gasteiger partial charge in [-0.15, -0.1) is 0 Å². The fourth-order valence-corrected chi connectivity index (χ4v) is 2.07. The van der Waals surface area contributed by atoms with Gasteiger partial charge < -0.3 is 20.1 Å². The number of ether oxygens (including phenoxy) is 1. The van der Waals surface area contributed by atoms with Gasteiger partial charge in [0, 0.05) is 20.2 Å². The molecule has 4 heteroatoms. The fraction of sp³-hybridized carbons (Fsp3) is 1.00. The minimum absolute atomic E-state index is 0.376. The Kier molecular flexibility index (Phi) is 6.17. The predicted molar refractivity (Wildman–Crippen MR) is 61.0 cm³/mol. The maximum Gasteiger partial charge on any atom is 0.0897 e. The monoisotopic (exact) mass is 216 g/mol. The van der Waals surface area contributed by atoms with Crippen molar-refractivity contribution in [2.45, 2.75) is 19.4 Å². The van der Waals surface area contributed by atoms with E-state index in [-0.39, 0.29) is 6.10 Å². The average molecular weight is 216 g/mol. The fourth-order valence-electron chi connectivity index (χ4n) is 2.07. The van der Waals surface area contributed by atoms with E-state index < -0.39 is 0 Å². The Morgan fingerprint density at radius 1 is 1.60 bits per heavy atom. The van der Waals surface area contributed by atoms with Gasteiger partial charge in [0.05, 0.1) is 12.7 Å². The average Bonchev–Trinajstić information content (AvgIpc) is 2.66. The van der Waals surface area contributed by atoms with Crippen LogP contribution in [0.2, 0.25) is 0 Å². The lowest BCUT2D eigenvalue weighted by molar-refractivity contribution is 0.0641. The van der Waals surface area contributed by atoms with Gasteiger partial charge in [-0.3, -0.25) is 0 Å². The van der Waals surface area contributed by atoms with Crippen LogP contribution in [-0.4, -0.2) is 62.6 Å². The first-order valence-electron chi connectivity index (χ1n) is 5.86. The third-order valence-corrected chi connectivity index (χ3v) is 2.99. The van der Waals surface area contributed by atoms with Crippen molar-refractivity contribution in [2.24, 2.45) is 5.92 Å². The lowest BCUT2D eigenvalue weighted by Gasteiger charge is -2.15. The normalized spacial score (nSPS) is 24.6. The van der Waals surface area contributed by atoms with Gasteiger partial charge in [0.1, 0.15) is 0 Å². The van der Waals surface area contributed by atoms with Crippen LogP contribution in [-0.2, 0) is 4.74 Å². The van der Waals surface area contributed by atoms with Crippen molar-refractivity contribution in [2.75, 3.05) is 46.4 Å². The third-order valence-electron chi connectivity index (χ3n) is 2.99. The molecule has 90 valence electrons. The van der Waals surface area contributed by atoms with Crippen LogP contribution in [0, 0.1) is 5.92 Å². The van der Waals surface area contributed by atoms with E-state index in [1.165, 1.54) is 19.5 Å². The highest BCUT2D eigenvalue weighted by atomic mass is 16.5. The Bertz CT molecular complexity index is 167. The van der Waals surface area contributed by atoms with E-state index in [4.69, 9.17) is 4.74 Å². The van der Waals surface area contributed by atoms with Gasteiger partial charge in [0.15, 0.2) is 0 Å². The minimum Gasteiger partial charge on any atom is -0.389 e. The largest absolute Gasteiger partial charge is 0.389 e. The number of nitrogens with zero attached hydrogens (tertiary/aromatic N) is 1. The molecule has 1 aliphatic heterocycles. The van der Waals surface area contributed by atoms with Gasteiger partial charge in [-0.2, -0.15) is 0 Å². The Morgan fingerprint density at radius 3 is 3.00 bits per heavy atom. The quantitative estimate of drug-likeness (QED) is 0.625. The van der Waals surface area contributed by atoms with Crippen LogP contribution in [0.4, 0.5) is 0 Å². The molecule has 0 saturated carbocycles. The maximum atomic E-state index is 9.42. The van der Waals surface area contributed by atoms with E-state index in [1.807, 2.05) is 0 Å². The smallest absolute Gasteiger partial charge is 0.0897 e. The van der Waals surface area contributed by atoms with Gasteiger partial charge >= 0.3 is 0 Å². The van der Waals surface area contributed by atoms with Crippen LogP contribution in [0.15, 0.2) is 0 Å². The Morgan fingerprint density at radius 2 is 2.40 bits per heavy atom. The Balaban J connectivity index is 2.01. The van der Waals surface area contributed by atoms with Gasteiger partial charge in [-0.25, -0.2) is 0 Å². The molecule has 0 amide bonds. The first-order chi connectivity index (χ1) is 7.26. The second-order valence-electron chi connectivity index (χ2n) is 4.32. The van der Waals surface area contributed by atoms with Crippen molar-refractivity contribution in [3.8, 4) is 0 Å². The number of aliphatic hydroxyl groups excluding tert-OH is 1. The molecule has 1 rings (SSSR count). The zero-order valence-electron chi connectivity index (χ0n) is 9.91. The van der Waals surface area contributed by atoms with E-state index in [1.54, 1.807) is 7.11 Å². The molecule has 0 aromatic heterocycles. The number of likely N-dealkylation sites (tertiary alicyclic amines) is 1. The van der Waals surface area contributed by atoms with Crippen LogP contribution >= 0.6 is 0 Å². The molecule has 0 radical (unpaired) electrons. The second-order valence-corrected chi connectivity index (χ2v) is 4.32. The summed E-state index contributed by atoms with van der Waals surface area (Å²) in [6.45, 7) is 7.85. The molecule has 4 nitrogen and oxygen atoms in total. The lowest BCUT2D eigenvalue weighted by Crippen LogP contribution is -2.34. The SMILES string of the molecule is CCN1CCC(CNCC(O)COC)C1. The Hall–Kier alpha value is -0.160. The summed E-state index contributed by atoms with van der Waals surface area (Å²) in [6.07, 6.45) is 0.903. The van der Waals surface area contributed by atoms with Crippen molar-refractivity contribution in [1.29, 1.82) is 0 Å². The molecule has 15 heavy (non-hydrogen) atoms. The highest BCUT2D eigenvalue weighted by Crippen LogP contribution is 2.14. The van der Waals surface area contributed by atoms with Gasteiger partial charge in [-0.1, -0.05) is 6.92 Å².